The molecular weight excluding hydrogens is 278 g/mol. The number of anilines is 1. The Labute approximate surface area is 110 Å². The second-order valence-corrected chi connectivity index (χ2v) is 5.54. The van der Waals surface area contributed by atoms with E-state index in [0.29, 0.717) is 0 Å². The molecule has 1 aliphatic rings. The molecule has 0 radical (unpaired) electrons. The maximum atomic E-state index is 8.99. The molecule has 0 saturated carbocycles. The zero-order valence-electron chi connectivity index (χ0n) is 9.91. The molecule has 0 atom stereocenters. The average molecular weight is 294 g/mol. The summed E-state index contributed by atoms with van der Waals surface area (Å²) in [6.45, 7) is 3.77. The van der Waals surface area contributed by atoms with Crippen LogP contribution in [0.3, 0.4) is 0 Å². The molecule has 0 amide bonds. The summed E-state index contributed by atoms with van der Waals surface area (Å²) in [6, 6.07) is 8.57. The Kier molecular flexibility index (Phi) is 3.41. The average Bonchev–Trinajstić information content (AvgIpc) is 2.34. The predicted octanol–water partition coefficient (Wildman–Crippen LogP) is 2.58. The van der Waals surface area contributed by atoms with Crippen LogP contribution in [0.1, 0.15) is 18.4 Å². The maximum Gasteiger partial charge on any atom is 0.107 e. The van der Waals surface area contributed by atoms with Crippen LogP contribution in [-0.2, 0) is 0 Å². The number of benzene rings is 1. The third-order valence-electron chi connectivity index (χ3n) is 3.40. The molecule has 90 valence electrons. The van der Waals surface area contributed by atoms with E-state index in [1.807, 2.05) is 0 Å². The summed E-state index contributed by atoms with van der Waals surface area (Å²) in [5, 5.41) is 8.99. The van der Waals surface area contributed by atoms with Gasteiger partial charge in [0, 0.05) is 23.2 Å². The van der Waals surface area contributed by atoms with Crippen LogP contribution in [0.2, 0.25) is 0 Å². The fourth-order valence-electron chi connectivity index (χ4n) is 2.05. The van der Waals surface area contributed by atoms with Gasteiger partial charge < -0.3 is 10.6 Å². The van der Waals surface area contributed by atoms with Crippen molar-refractivity contribution in [3.8, 4) is 6.07 Å². The lowest BCUT2D eigenvalue weighted by Crippen LogP contribution is -2.49. The van der Waals surface area contributed by atoms with E-state index >= 15 is 0 Å². The fraction of sp³-hybridized carbons (Fsp3) is 0.462. The largest absolute Gasteiger partial charge is 0.371 e. The van der Waals surface area contributed by atoms with Crippen molar-refractivity contribution in [1.82, 2.24) is 0 Å². The zero-order chi connectivity index (χ0) is 12.5. The van der Waals surface area contributed by atoms with Crippen molar-refractivity contribution < 1.29 is 0 Å². The number of rotatable bonds is 1. The summed E-state index contributed by atoms with van der Waals surface area (Å²) in [5.41, 5.74) is 7.76. The van der Waals surface area contributed by atoms with E-state index in [1.165, 1.54) is 11.3 Å². The smallest absolute Gasteiger partial charge is 0.107 e. The molecule has 1 saturated heterocycles. The van der Waals surface area contributed by atoms with Gasteiger partial charge in [-0.2, -0.15) is 5.26 Å². The van der Waals surface area contributed by atoms with Crippen molar-refractivity contribution in [2.24, 2.45) is 5.73 Å². The van der Waals surface area contributed by atoms with Crippen LogP contribution in [0.25, 0.3) is 0 Å². The Balaban J connectivity index is 2.11. The van der Waals surface area contributed by atoms with Gasteiger partial charge in [0.1, 0.15) is 5.54 Å². The van der Waals surface area contributed by atoms with E-state index in [1.54, 1.807) is 0 Å². The van der Waals surface area contributed by atoms with Crippen LogP contribution in [0.4, 0.5) is 5.69 Å². The number of aryl methyl sites for hydroxylation is 1. The van der Waals surface area contributed by atoms with Crippen molar-refractivity contribution in [2.75, 3.05) is 18.0 Å². The first-order valence-corrected chi connectivity index (χ1v) is 6.55. The molecule has 3 nitrogen and oxygen atoms in total. The van der Waals surface area contributed by atoms with Crippen molar-refractivity contribution >= 4 is 21.6 Å². The van der Waals surface area contributed by atoms with Crippen LogP contribution in [0, 0.1) is 18.3 Å². The normalized spacial score (nSPS) is 18.8. The van der Waals surface area contributed by atoms with E-state index in [0.717, 1.165) is 30.4 Å². The third kappa shape index (κ3) is 2.62. The molecule has 1 fully saturated rings. The quantitative estimate of drug-likeness (QED) is 0.866. The first-order valence-electron chi connectivity index (χ1n) is 5.75. The lowest BCUT2D eigenvalue weighted by Gasteiger charge is -2.36. The molecule has 1 aromatic carbocycles. The Morgan fingerprint density at radius 2 is 2.06 bits per heavy atom. The molecule has 4 heteroatoms. The molecule has 1 heterocycles. The van der Waals surface area contributed by atoms with Crippen molar-refractivity contribution in [2.45, 2.75) is 25.3 Å². The predicted molar refractivity (Wildman–Crippen MR) is 72.9 cm³/mol. The maximum absolute atomic E-state index is 8.99. The monoisotopic (exact) mass is 293 g/mol. The molecule has 2 N–H and O–H groups in total. The van der Waals surface area contributed by atoms with Gasteiger partial charge in [-0.3, -0.25) is 0 Å². The van der Waals surface area contributed by atoms with Crippen molar-refractivity contribution in [3.63, 3.8) is 0 Å². The number of halogens is 1. The summed E-state index contributed by atoms with van der Waals surface area (Å²) in [7, 11) is 0. The highest BCUT2D eigenvalue weighted by atomic mass is 79.9. The highest BCUT2D eigenvalue weighted by molar-refractivity contribution is 9.10. The molecule has 0 aliphatic carbocycles. The van der Waals surface area contributed by atoms with Crippen molar-refractivity contribution in [3.05, 3.63) is 28.2 Å². The highest BCUT2D eigenvalue weighted by Gasteiger charge is 2.30. The van der Waals surface area contributed by atoms with Crippen molar-refractivity contribution in [1.29, 1.82) is 5.26 Å². The molecule has 1 aromatic rings. The first kappa shape index (κ1) is 12.4. The van der Waals surface area contributed by atoms with Gasteiger partial charge in [-0.05, 0) is 37.5 Å². The lowest BCUT2D eigenvalue weighted by atomic mass is 9.90. The molecule has 1 aliphatic heterocycles. The Morgan fingerprint density at radius 3 is 2.59 bits per heavy atom. The fourth-order valence-corrected chi connectivity index (χ4v) is 2.42. The molecule has 17 heavy (non-hydrogen) atoms. The highest BCUT2D eigenvalue weighted by Crippen LogP contribution is 2.27. The summed E-state index contributed by atoms with van der Waals surface area (Å²) in [4.78, 5) is 2.28. The van der Waals surface area contributed by atoms with Crippen LogP contribution in [0.15, 0.2) is 22.7 Å². The van der Waals surface area contributed by atoms with Crippen LogP contribution >= 0.6 is 15.9 Å². The summed E-state index contributed by atoms with van der Waals surface area (Å²) in [6.07, 6.45) is 1.46. The SMILES string of the molecule is Cc1ccc(N2CCC(N)(C#N)CC2)cc1Br. The number of nitrogens with zero attached hydrogens (tertiary/aromatic N) is 2. The molecule has 0 bridgehead atoms. The number of nitrogens with two attached hydrogens (primary N) is 1. The molecule has 0 aromatic heterocycles. The van der Waals surface area contributed by atoms with Crippen LogP contribution in [-0.4, -0.2) is 18.6 Å². The molecule has 2 rings (SSSR count). The summed E-state index contributed by atoms with van der Waals surface area (Å²) >= 11 is 3.55. The molecule has 0 spiro atoms. The second kappa shape index (κ2) is 4.67. The van der Waals surface area contributed by atoms with E-state index < -0.39 is 5.54 Å². The number of nitriles is 1. The third-order valence-corrected chi connectivity index (χ3v) is 4.25. The molecule has 0 unspecified atom stereocenters. The minimum Gasteiger partial charge on any atom is -0.371 e. The summed E-state index contributed by atoms with van der Waals surface area (Å²) in [5.74, 6) is 0. The first-order chi connectivity index (χ1) is 8.04. The Bertz CT molecular complexity index is 456. The minimum absolute atomic E-state index is 0.627. The van der Waals surface area contributed by atoms with Gasteiger partial charge in [0.2, 0.25) is 0 Å². The summed E-state index contributed by atoms with van der Waals surface area (Å²) < 4.78 is 1.12. The van der Waals surface area contributed by atoms with Gasteiger partial charge in [0.15, 0.2) is 0 Å². The van der Waals surface area contributed by atoms with E-state index in [2.05, 4.69) is 52.0 Å². The van der Waals surface area contributed by atoms with Gasteiger partial charge in [-0.25, -0.2) is 0 Å². The van der Waals surface area contributed by atoms with Gasteiger partial charge in [0.05, 0.1) is 6.07 Å². The number of hydrogen-bond donors (Lipinski definition) is 1. The van der Waals surface area contributed by atoms with E-state index in [-0.39, 0.29) is 0 Å². The standard InChI is InChI=1S/C13H16BrN3/c1-10-2-3-11(8-12(10)14)17-6-4-13(16,9-15)5-7-17/h2-3,8H,4-7,16H2,1H3. The number of piperidine rings is 1. The van der Waals surface area contributed by atoms with E-state index in [4.69, 9.17) is 11.0 Å². The minimum atomic E-state index is -0.627. The van der Waals surface area contributed by atoms with Crippen LogP contribution < -0.4 is 10.6 Å². The Hall–Kier alpha value is -1.05. The van der Waals surface area contributed by atoms with Crippen LogP contribution in [0.5, 0.6) is 0 Å². The Morgan fingerprint density at radius 1 is 1.41 bits per heavy atom. The van der Waals surface area contributed by atoms with Gasteiger partial charge in [-0.15, -0.1) is 0 Å². The van der Waals surface area contributed by atoms with Gasteiger partial charge >= 0.3 is 0 Å². The van der Waals surface area contributed by atoms with Gasteiger partial charge in [0.25, 0.3) is 0 Å². The van der Waals surface area contributed by atoms with E-state index in [9.17, 15) is 0 Å². The lowest BCUT2D eigenvalue weighted by molar-refractivity contribution is 0.415. The number of hydrogen-bond acceptors (Lipinski definition) is 3. The second-order valence-electron chi connectivity index (χ2n) is 4.69. The zero-order valence-corrected chi connectivity index (χ0v) is 11.5. The molecular formula is C13H16BrN3. The van der Waals surface area contributed by atoms with Gasteiger partial charge in [-0.1, -0.05) is 22.0 Å². The topological polar surface area (TPSA) is 53.0 Å².